The van der Waals surface area contributed by atoms with Gasteiger partial charge in [0.2, 0.25) is 0 Å². The minimum atomic E-state index is -0.447. The van der Waals surface area contributed by atoms with Crippen molar-refractivity contribution in [3.05, 3.63) is 171 Å². The van der Waals surface area contributed by atoms with Gasteiger partial charge < -0.3 is 0 Å². The quantitative estimate of drug-likeness (QED) is 0.133. The van der Waals surface area contributed by atoms with Crippen LogP contribution in [0.25, 0.3) is 28.9 Å². The molecule has 0 saturated carbocycles. The van der Waals surface area contributed by atoms with Crippen LogP contribution >= 0.6 is 83.9 Å². The van der Waals surface area contributed by atoms with Crippen molar-refractivity contribution in [3.8, 4) is 19.5 Å². The average Bonchev–Trinajstić information content (AvgIpc) is 4.04. The maximum absolute atomic E-state index is 4.02. The number of thiophene rings is 4. The third kappa shape index (κ3) is 5.63. The van der Waals surface area contributed by atoms with Crippen molar-refractivity contribution in [2.45, 2.75) is 90.4 Å². The Morgan fingerprint density at radius 3 is 1.47 bits per heavy atom. The zero-order valence-corrected chi connectivity index (χ0v) is 41.3. The van der Waals surface area contributed by atoms with Gasteiger partial charge in [-0.1, -0.05) is 146 Å². The second-order valence-electron chi connectivity index (χ2n) is 17.8. The molecular formula is C52H48BrIS4. The zero-order valence-electron chi connectivity index (χ0n) is 34.3. The van der Waals surface area contributed by atoms with Gasteiger partial charge in [-0.2, -0.15) is 0 Å². The van der Waals surface area contributed by atoms with Gasteiger partial charge in [0.05, 0.1) is 46.4 Å². The van der Waals surface area contributed by atoms with E-state index in [-0.39, 0.29) is 0 Å². The molecule has 0 radical (unpaired) electrons. The summed E-state index contributed by atoms with van der Waals surface area (Å²) in [6.07, 6.45) is 8.73. The molecule has 0 saturated heterocycles. The van der Waals surface area contributed by atoms with E-state index in [0.717, 1.165) is 6.42 Å². The predicted octanol–water partition coefficient (Wildman–Crippen LogP) is 17.7. The molecule has 2 atom stereocenters. The van der Waals surface area contributed by atoms with Crippen LogP contribution in [0.5, 0.6) is 0 Å². The van der Waals surface area contributed by atoms with Gasteiger partial charge in [-0.05, 0) is 137 Å². The summed E-state index contributed by atoms with van der Waals surface area (Å²) in [5.41, 5.74) is 14.7. The van der Waals surface area contributed by atoms with Gasteiger partial charge in [0.1, 0.15) is 0 Å². The Hall–Kier alpha value is -2.59. The molecule has 0 fully saturated rings. The van der Waals surface area contributed by atoms with Gasteiger partial charge in [0, 0.05) is 11.1 Å². The summed E-state index contributed by atoms with van der Waals surface area (Å²) < 4.78 is 5.48. The van der Waals surface area contributed by atoms with E-state index in [1.807, 2.05) is 22.7 Å². The maximum Gasteiger partial charge on any atom is 0.0745 e. The SMILES string of the molecule is CC(C)c1ccc(C2(C3=CCC(C(C)C)C=C3)c3cc(I)sc3-c3sc4c5c(sc4c32)-c2sc(Br)cc2C5(c2ccc(C(C)C)cc2)c2ccc(C(C)C)cc2)cc1. The van der Waals surface area contributed by atoms with Crippen LogP contribution in [0.3, 0.4) is 0 Å². The Morgan fingerprint density at radius 1 is 0.569 bits per heavy atom. The van der Waals surface area contributed by atoms with Crippen LogP contribution < -0.4 is 0 Å². The number of halogens is 2. The number of fused-ring (bicyclic) bond motifs is 9. The Bertz CT molecular complexity index is 2730. The summed E-state index contributed by atoms with van der Waals surface area (Å²) in [6, 6.07) is 34.1. The van der Waals surface area contributed by atoms with Gasteiger partial charge in [-0.15, -0.1) is 45.3 Å². The van der Waals surface area contributed by atoms with Gasteiger partial charge in [-0.25, -0.2) is 0 Å². The van der Waals surface area contributed by atoms with Crippen LogP contribution in [0.2, 0.25) is 0 Å². The highest BCUT2D eigenvalue weighted by Crippen LogP contribution is 2.70. The predicted molar refractivity (Wildman–Crippen MR) is 267 cm³/mol. The average molecular weight is 1010 g/mol. The number of hydrogen-bond donors (Lipinski definition) is 0. The van der Waals surface area contributed by atoms with Gasteiger partial charge in [-0.3, -0.25) is 0 Å². The summed E-state index contributed by atoms with van der Waals surface area (Å²) in [6.45, 7) is 18.6. The van der Waals surface area contributed by atoms with E-state index >= 15 is 0 Å². The van der Waals surface area contributed by atoms with Crippen molar-refractivity contribution >= 4 is 93.3 Å². The Balaban J connectivity index is 1.32. The monoisotopic (exact) mass is 1010 g/mol. The van der Waals surface area contributed by atoms with Crippen molar-refractivity contribution < 1.29 is 0 Å². The lowest BCUT2D eigenvalue weighted by atomic mass is 9.65. The third-order valence-corrected chi connectivity index (χ3v) is 19.8. The van der Waals surface area contributed by atoms with E-state index in [0.29, 0.717) is 29.6 Å². The minimum Gasteiger partial charge on any atom is -0.133 e. The van der Waals surface area contributed by atoms with E-state index in [4.69, 9.17) is 0 Å². The van der Waals surface area contributed by atoms with Crippen LogP contribution in [-0.2, 0) is 10.8 Å². The Morgan fingerprint density at radius 2 is 1.02 bits per heavy atom. The molecule has 10 rings (SSSR count). The lowest BCUT2D eigenvalue weighted by Crippen LogP contribution is -2.30. The topological polar surface area (TPSA) is 0 Å². The van der Waals surface area contributed by atoms with Crippen molar-refractivity contribution in [2.75, 3.05) is 0 Å². The number of benzene rings is 3. The lowest BCUT2D eigenvalue weighted by molar-refractivity contribution is 0.463. The molecule has 4 aromatic heterocycles. The summed E-state index contributed by atoms with van der Waals surface area (Å²) in [7, 11) is 0. The molecule has 0 aliphatic heterocycles. The van der Waals surface area contributed by atoms with E-state index in [1.54, 1.807) is 0 Å². The zero-order chi connectivity index (χ0) is 40.4. The van der Waals surface area contributed by atoms with Gasteiger partial charge in [0.15, 0.2) is 0 Å². The van der Waals surface area contributed by atoms with Gasteiger partial charge >= 0.3 is 0 Å². The fraction of sp³-hybridized carbons (Fsp3) is 0.308. The van der Waals surface area contributed by atoms with E-state index in [1.165, 1.54) is 96.8 Å². The van der Waals surface area contributed by atoms with Crippen LogP contribution in [0.4, 0.5) is 0 Å². The minimum absolute atomic E-state index is 0.394. The van der Waals surface area contributed by atoms with E-state index < -0.39 is 10.8 Å². The second kappa shape index (κ2) is 14.5. The van der Waals surface area contributed by atoms with Crippen molar-refractivity contribution in [3.63, 3.8) is 0 Å². The first kappa shape index (κ1) is 39.5. The molecule has 294 valence electrons. The maximum atomic E-state index is 4.02. The first-order chi connectivity index (χ1) is 27.8. The molecule has 58 heavy (non-hydrogen) atoms. The normalized spacial score (nSPS) is 19.1. The molecule has 4 heterocycles. The number of rotatable bonds is 8. The van der Waals surface area contributed by atoms with Crippen molar-refractivity contribution in [1.82, 2.24) is 0 Å². The molecule has 0 bridgehead atoms. The molecule has 3 aliphatic rings. The molecule has 3 aromatic carbocycles. The summed E-state index contributed by atoms with van der Waals surface area (Å²) in [5, 5.41) is 0. The Labute approximate surface area is 382 Å². The van der Waals surface area contributed by atoms with Gasteiger partial charge in [0.25, 0.3) is 0 Å². The largest absolute Gasteiger partial charge is 0.133 e. The summed E-state index contributed by atoms with van der Waals surface area (Å²) >= 11 is 14.6. The van der Waals surface area contributed by atoms with Crippen LogP contribution in [0.1, 0.15) is 135 Å². The molecule has 0 nitrogen and oxygen atoms in total. The molecule has 2 unspecified atom stereocenters. The van der Waals surface area contributed by atoms with Crippen LogP contribution in [-0.4, -0.2) is 0 Å². The highest BCUT2D eigenvalue weighted by molar-refractivity contribution is 14.1. The van der Waals surface area contributed by atoms with Crippen LogP contribution in [0.15, 0.2) is 113 Å². The summed E-state index contributed by atoms with van der Waals surface area (Å²) in [4.78, 5) is 5.78. The van der Waals surface area contributed by atoms with Crippen molar-refractivity contribution in [2.24, 2.45) is 11.8 Å². The fourth-order valence-corrected chi connectivity index (χ4v) is 17.1. The lowest BCUT2D eigenvalue weighted by Gasteiger charge is -2.36. The molecule has 3 aliphatic carbocycles. The molecule has 0 N–H and O–H groups in total. The smallest absolute Gasteiger partial charge is 0.0745 e. The highest BCUT2D eigenvalue weighted by atomic mass is 127. The fourth-order valence-electron chi connectivity index (χ4n) is 10.1. The highest BCUT2D eigenvalue weighted by Gasteiger charge is 2.55. The molecular weight excluding hydrogens is 960 g/mol. The van der Waals surface area contributed by atoms with Crippen LogP contribution in [0, 0.1) is 14.7 Å². The molecule has 6 heteroatoms. The molecule has 0 amide bonds. The van der Waals surface area contributed by atoms with E-state index in [9.17, 15) is 0 Å². The molecule has 7 aromatic rings. The number of allylic oxidation sites excluding steroid dienone is 4. The number of hydrogen-bond acceptors (Lipinski definition) is 4. The summed E-state index contributed by atoms with van der Waals surface area (Å²) in [5.74, 6) is 2.58. The third-order valence-electron chi connectivity index (χ3n) is 13.4. The standard InChI is InChI=1S/C52H48BrIS4/c1-27(2)31-9-17-35(18-10-31)51(36-19-11-32(12-20-36)28(3)4)39-25-41(53)55-45(39)47-43(51)49-50(57-47)44-48(58-49)46-40(26-42(54)56-46)52(44,37-21-13-33(14-22-37)29(5)6)38-23-15-34(16-24-38)30(7)8/h9-15,17-30,34H,16H2,1-8H3. The first-order valence-corrected chi connectivity index (χ1v) is 25.9. The second-order valence-corrected chi connectivity index (χ2v) is 25.3. The van der Waals surface area contributed by atoms with E-state index in [2.05, 4.69) is 220 Å². The Kier molecular flexibility index (Phi) is 9.89. The first-order valence-electron chi connectivity index (χ1n) is 20.8. The molecule has 0 spiro atoms. The van der Waals surface area contributed by atoms with Crippen molar-refractivity contribution in [1.29, 1.82) is 0 Å².